The molecule has 0 saturated carbocycles. The normalized spacial score (nSPS) is 11.3. The first kappa shape index (κ1) is 14.2. The molecule has 1 unspecified atom stereocenters. The minimum atomic E-state index is -0.413. The first-order valence-corrected chi connectivity index (χ1v) is 6.04. The molecule has 3 heteroatoms. The molecule has 2 rings (SSSR count). The Labute approximate surface area is 107 Å². The molecule has 0 aliphatic heterocycles. The third-order valence-corrected chi connectivity index (χ3v) is 2.54. The van der Waals surface area contributed by atoms with Gasteiger partial charge in [-0.25, -0.2) is 4.39 Å². The molecule has 0 fully saturated rings. The van der Waals surface area contributed by atoms with E-state index in [4.69, 9.17) is 11.5 Å². The lowest BCUT2D eigenvalue weighted by Gasteiger charge is -2.13. The van der Waals surface area contributed by atoms with Crippen LogP contribution < -0.4 is 11.5 Å². The molecule has 1 atom stereocenters. The standard InChI is InChI=1S/C13H13FN2.C2H6/c14-11-7-6-10(8-12(11)15)13(16)9-4-2-1-3-5-9;1-2/h1-8,13H,15-16H2;1-2H3. The van der Waals surface area contributed by atoms with Gasteiger partial charge in [0.25, 0.3) is 0 Å². The molecule has 18 heavy (non-hydrogen) atoms. The maximum Gasteiger partial charge on any atom is 0.146 e. The first-order chi connectivity index (χ1) is 8.68. The van der Waals surface area contributed by atoms with Crippen LogP contribution in [0.3, 0.4) is 0 Å². The molecule has 0 saturated heterocycles. The summed E-state index contributed by atoms with van der Waals surface area (Å²) in [4.78, 5) is 0. The Kier molecular flexibility index (Phi) is 5.33. The second-order valence-electron chi connectivity index (χ2n) is 3.67. The second kappa shape index (κ2) is 6.77. The van der Waals surface area contributed by atoms with Crippen LogP contribution in [0.2, 0.25) is 0 Å². The van der Waals surface area contributed by atoms with Crippen molar-refractivity contribution in [3.05, 3.63) is 65.5 Å². The van der Waals surface area contributed by atoms with E-state index in [1.165, 1.54) is 6.07 Å². The molecular formula is C15H19FN2. The van der Waals surface area contributed by atoms with Crippen molar-refractivity contribution in [2.75, 3.05) is 5.73 Å². The van der Waals surface area contributed by atoms with Gasteiger partial charge in [0.05, 0.1) is 11.7 Å². The molecule has 96 valence electrons. The molecule has 0 aliphatic carbocycles. The Hall–Kier alpha value is -1.87. The fourth-order valence-corrected chi connectivity index (χ4v) is 1.61. The second-order valence-corrected chi connectivity index (χ2v) is 3.67. The van der Waals surface area contributed by atoms with Gasteiger partial charge in [0.1, 0.15) is 5.82 Å². The van der Waals surface area contributed by atoms with E-state index in [0.717, 1.165) is 11.1 Å². The van der Waals surface area contributed by atoms with Crippen LogP contribution in [0, 0.1) is 5.82 Å². The lowest BCUT2D eigenvalue weighted by Crippen LogP contribution is -2.12. The molecule has 0 bridgehead atoms. The van der Waals surface area contributed by atoms with Gasteiger partial charge in [0, 0.05) is 0 Å². The van der Waals surface area contributed by atoms with Crippen LogP contribution in [0.15, 0.2) is 48.5 Å². The highest BCUT2D eigenvalue weighted by molar-refractivity contribution is 5.45. The third-order valence-electron chi connectivity index (χ3n) is 2.54. The maximum atomic E-state index is 13.0. The van der Waals surface area contributed by atoms with E-state index in [0.29, 0.717) is 0 Å². The highest BCUT2D eigenvalue weighted by Gasteiger charge is 2.09. The number of rotatable bonds is 2. The number of nitrogens with two attached hydrogens (primary N) is 2. The lowest BCUT2D eigenvalue weighted by molar-refractivity contribution is 0.631. The molecule has 0 aliphatic rings. The van der Waals surface area contributed by atoms with E-state index in [9.17, 15) is 4.39 Å². The Balaban J connectivity index is 0.000000771. The number of benzene rings is 2. The third kappa shape index (κ3) is 3.31. The van der Waals surface area contributed by atoms with Crippen molar-refractivity contribution in [2.24, 2.45) is 5.73 Å². The summed E-state index contributed by atoms with van der Waals surface area (Å²) in [5.74, 6) is -0.413. The van der Waals surface area contributed by atoms with Crippen molar-refractivity contribution < 1.29 is 4.39 Å². The van der Waals surface area contributed by atoms with Crippen LogP contribution in [0.25, 0.3) is 0 Å². The minimum absolute atomic E-state index is 0.129. The minimum Gasteiger partial charge on any atom is -0.396 e. The van der Waals surface area contributed by atoms with Gasteiger partial charge in [-0.15, -0.1) is 0 Å². The van der Waals surface area contributed by atoms with Crippen molar-refractivity contribution in [1.29, 1.82) is 0 Å². The molecule has 0 aromatic heterocycles. The zero-order chi connectivity index (χ0) is 13.5. The van der Waals surface area contributed by atoms with Crippen molar-refractivity contribution >= 4 is 5.69 Å². The summed E-state index contributed by atoms with van der Waals surface area (Å²) < 4.78 is 13.0. The Morgan fingerprint density at radius 1 is 0.944 bits per heavy atom. The molecule has 2 aromatic rings. The van der Waals surface area contributed by atoms with Crippen molar-refractivity contribution in [2.45, 2.75) is 19.9 Å². The van der Waals surface area contributed by atoms with Crippen molar-refractivity contribution in [3.8, 4) is 0 Å². The van der Waals surface area contributed by atoms with Crippen LogP contribution in [0.5, 0.6) is 0 Å². The summed E-state index contributed by atoms with van der Waals surface area (Å²) in [5, 5.41) is 0. The maximum absolute atomic E-state index is 13.0. The largest absolute Gasteiger partial charge is 0.396 e. The van der Waals surface area contributed by atoms with E-state index in [1.807, 2.05) is 44.2 Å². The zero-order valence-corrected chi connectivity index (χ0v) is 10.7. The average Bonchev–Trinajstić information content (AvgIpc) is 2.44. The van der Waals surface area contributed by atoms with Crippen LogP contribution in [0.4, 0.5) is 10.1 Å². The molecule has 0 amide bonds. The Bertz CT molecular complexity index is 483. The summed E-state index contributed by atoms with van der Waals surface area (Å²) in [6.07, 6.45) is 0. The van der Waals surface area contributed by atoms with Crippen LogP contribution in [-0.2, 0) is 0 Å². The first-order valence-electron chi connectivity index (χ1n) is 6.04. The zero-order valence-electron chi connectivity index (χ0n) is 10.7. The molecule has 2 nitrogen and oxygen atoms in total. The fourth-order valence-electron chi connectivity index (χ4n) is 1.61. The fraction of sp³-hybridized carbons (Fsp3) is 0.200. The van der Waals surface area contributed by atoms with E-state index in [1.54, 1.807) is 12.1 Å². The van der Waals surface area contributed by atoms with Gasteiger partial charge >= 0.3 is 0 Å². The smallest absolute Gasteiger partial charge is 0.146 e. The SMILES string of the molecule is CC.Nc1cc(C(N)c2ccccc2)ccc1F. The monoisotopic (exact) mass is 246 g/mol. The number of hydrogen-bond acceptors (Lipinski definition) is 2. The predicted octanol–water partition coefficient (Wildman–Crippen LogP) is 3.48. The molecule has 0 heterocycles. The number of nitrogen functional groups attached to an aromatic ring is 1. The van der Waals surface area contributed by atoms with Crippen molar-refractivity contribution in [1.82, 2.24) is 0 Å². The molecule has 4 N–H and O–H groups in total. The van der Waals surface area contributed by atoms with Gasteiger partial charge in [-0.1, -0.05) is 50.2 Å². The number of anilines is 1. The molecular weight excluding hydrogens is 227 g/mol. The molecule has 2 aromatic carbocycles. The summed E-state index contributed by atoms with van der Waals surface area (Å²) in [6, 6.07) is 13.9. The predicted molar refractivity (Wildman–Crippen MR) is 74.6 cm³/mol. The van der Waals surface area contributed by atoms with E-state index >= 15 is 0 Å². The summed E-state index contributed by atoms with van der Waals surface area (Å²) in [7, 11) is 0. The number of hydrogen-bond donors (Lipinski definition) is 2. The van der Waals surface area contributed by atoms with E-state index in [2.05, 4.69) is 0 Å². The average molecular weight is 246 g/mol. The van der Waals surface area contributed by atoms with Gasteiger partial charge in [0.2, 0.25) is 0 Å². The Morgan fingerprint density at radius 2 is 1.56 bits per heavy atom. The topological polar surface area (TPSA) is 52.0 Å². The summed E-state index contributed by atoms with van der Waals surface area (Å²) >= 11 is 0. The molecule has 0 radical (unpaired) electrons. The highest BCUT2D eigenvalue weighted by atomic mass is 19.1. The highest BCUT2D eigenvalue weighted by Crippen LogP contribution is 2.22. The van der Waals surface area contributed by atoms with Crippen LogP contribution in [0.1, 0.15) is 31.0 Å². The Morgan fingerprint density at radius 3 is 2.11 bits per heavy atom. The number of halogens is 1. The molecule has 0 spiro atoms. The van der Waals surface area contributed by atoms with Crippen LogP contribution in [-0.4, -0.2) is 0 Å². The van der Waals surface area contributed by atoms with Gasteiger partial charge in [0.15, 0.2) is 0 Å². The van der Waals surface area contributed by atoms with Crippen molar-refractivity contribution in [3.63, 3.8) is 0 Å². The summed E-state index contributed by atoms with van der Waals surface area (Å²) in [5.41, 5.74) is 13.5. The van der Waals surface area contributed by atoms with E-state index in [-0.39, 0.29) is 11.7 Å². The van der Waals surface area contributed by atoms with Gasteiger partial charge in [-0.2, -0.15) is 0 Å². The summed E-state index contributed by atoms with van der Waals surface area (Å²) in [6.45, 7) is 4.00. The quantitative estimate of drug-likeness (QED) is 0.797. The van der Waals surface area contributed by atoms with Gasteiger partial charge in [-0.05, 0) is 23.3 Å². The van der Waals surface area contributed by atoms with Gasteiger partial charge in [-0.3, -0.25) is 0 Å². The van der Waals surface area contributed by atoms with Crippen LogP contribution >= 0.6 is 0 Å². The van der Waals surface area contributed by atoms with E-state index < -0.39 is 5.82 Å². The van der Waals surface area contributed by atoms with Gasteiger partial charge < -0.3 is 11.5 Å². The lowest BCUT2D eigenvalue weighted by atomic mass is 9.99.